The van der Waals surface area contributed by atoms with E-state index in [1.165, 1.54) is 23.2 Å². The van der Waals surface area contributed by atoms with Crippen molar-refractivity contribution in [1.82, 2.24) is 0 Å². The molecule has 0 N–H and O–H groups in total. The molecule has 6 nitrogen and oxygen atoms in total. The van der Waals surface area contributed by atoms with E-state index in [1.54, 1.807) is 0 Å². The highest BCUT2D eigenvalue weighted by Crippen LogP contribution is 2.35. The average molecular weight is 338 g/mol. The van der Waals surface area contributed by atoms with Crippen molar-refractivity contribution in [1.29, 1.82) is 0 Å². The second-order valence-electron chi connectivity index (χ2n) is 6.20. The molecule has 1 fully saturated rings. The van der Waals surface area contributed by atoms with Crippen molar-refractivity contribution in [2.75, 3.05) is 9.91 Å². The van der Waals surface area contributed by atoms with Crippen molar-refractivity contribution in [3.8, 4) is 0 Å². The van der Waals surface area contributed by atoms with Gasteiger partial charge in [0.2, 0.25) is 0 Å². The number of halogens is 1. The summed E-state index contributed by atoms with van der Waals surface area (Å²) in [6.07, 6.45) is 0. The molecule has 2 aromatic rings. The van der Waals surface area contributed by atoms with Crippen molar-refractivity contribution in [2.24, 2.45) is 10.3 Å². The number of carbonyl (C=O) groups is 2. The number of aryl methyl sites for hydroxylation is 2. The lowest BCUT2D eigenvalue weighted by molar-refractivity contribution is -0.121. The van der Waals surface area contributed by atoms with Gasteiger partial charge in [0.05, 0.1) is 11.4 Å². The van der Waals surface area contributed by atoms with E-state index in [-0.39, 0.29) is 5.69 Å². The first kappa shape index (κ1) is 15.4. The maximum Gasteiger partial charge on any atom is 0.263 e. The third-order valence-electron chi connectivity index (χ3n) is 4.60. The van der Waals surface area contributed by atoms with Crippen LogP contribution in [0.1, 0.15) is 11.1 Å². The maximum atomic E-state index is 13.5. The zero-order chi connectivity index (χ0) is 17.7. The van der Waals surface area contributed by atoms with Gasteiger partial charge >= 0.3 is 0 Å². The summed E-state index contributed by atoms with van der Waals surface area (Å²) in [7, 11) is 0. The summed E-state index contributed by atoms with van der Waals surface area (Å²) in [6.45, 7) is 3.95. The molecule has 25 heavy (non-hydrogen) atoms. The van der Waals surface area contributed by atoms with Crippen LogP contribution in [-0.2, 0) is 9.59 Å². The first-order valence-corrected chi connectivity index (χ1v) is 7.88. The predicted octanol–water partition coefficient (Wildman–Crippen LogP) is 2.94. The minimum absolute atomic E-state index is 0.208. The molecule has 0 unspecified atom stereocenters. The monoisotopic (exact) mass is 338 g/mol. The van der Waals surface area contributed by atoms with Gasteiger partial charge in [-0.1, -0.05) is 17.4 Å². The number of rotatable bonds is 2. The van der Waals surface area contributed by atoms with Crippen molar-refractivity contribution in [2.45, 2.75) is 25.9 Å². The molecule has 1 saturated heterocycles. The summed E-state index contributed by atoms with van der Waals surface area (Å²) >= 11 is 0. The molecule has 126 valence electrons. The third kappa shape index (κ3) is 2.31. The van der Waals surface area contributed by atoms with Gasteiger partial charge in [-0.05, 0) is 55.3 Å². The largest absolute Gasteiger partial charge is 0.271 e. The summed E-state index contributed by atoms with van der Waals surface area (Å²) in [6, 6.07) is 9.34. The van der Waals surface area contributed by atoms with E-state index in [9.17, 15) is 14.0 Å². The summed E-state index contributed by atoms with van der Waals surface area (Å²) < 4.78 is 13.5. The molecule has 0 aliphatic carbocycles. The molecule has 2 heterocycles. The Morgan fingerprint density at radius 1 is 0.960 bits per heavy atom. The third-order valence-corrected chi connectivity index (χ3v) is 4.60. The highest BCUT2D eigenvalue weighted by Gasteiger charge is 2.55. The molecular weight excluding hydrogens is 323 g/mol. The van der Waals surface area contributed by atoms with Crippen molar-refractivity contribution in [3.63, 3.8) is 0 Å². The van der Waals surface area contributed by atoms with Crippen LogP contribution >= 0.6 is 0 Å². The van der Waals surface area contributed by atoms with Gasteiger partial charge in [-0.2, -0.15) is 5.11 Å². The molecule has 2 amide bonds. The number of benzene rings is 2. The Balaban J connectivity index is 1.71. The van der Waals surface area contributed by atoms with E-state index in [1.807, 2.05) is 32.0 Å². The molecule has 2 aliphatic heterocycles. The van der Waals surface area contributed by atoms with Crippen molar-refractivity contribution >= 4 is 23.2 Å². The van der Waals surface area contributed by atoms with Gasteiger partial charge in [0.1, 0.15) is 5.82 Å². The first-order valence-electron chi connectivity index (χ1n) is 7.88. The summed E-state index contributed by atoms with van der Waals surface area (Å²) in [4.78, 5) is 26.5. The fourth-order valence-electron chi connectivity index (χ4n) is 3.11. The van der Waals surface area contributed by atoms with E-state index >= 15 is 0 Å². The number of fused-ring (bicyclic) bond motifs is 1. The fraction of sp³-hybridized carbons (Fsp3) is 0.222. The number of hydrogen-bond acceptors (Lipinski definition) is 5. The summed E-state index contributed by atoms with van der Waals surface area (Å²) in [5, 5.41) is 9.47. The van der Waals surface area contributed by atoms with Crippen LogP contribution in [-0.4, -0.2) is 23.9 Å². The zero-order valence-electron chi connectivity index (χ0n) is 13.7. The molecule has 0 saturated carbocycles. The first-order chi connectivity index (χ1) is 12.0. The molecule has 7 heteroatoms. The number of imide groups is 1. The van der Waals surface area contributed by atoms with E-state index < -0.39 is 29.7 Å². The molecule has 2 aromatic carbocycles. The molecule has 0 radical (unpaired) electrons. The Kier molecular flexibility index (Phi) is 3.38. The van der Waals surface area contributed by atoms with Crippen LogP contribution in [0.4, 0.5) is 15.8 Å². The van der Waals surface area contributed by atoms with Gasteiger partial charge < -0.3 is 0 Å². The quantitative estimate of drug-likeness (QED) is 0.791. The molecule has 4 rings (SSSR count). The lowest BCUT2D eigenvalue weighted by atomic mass is 10.1. The summed E-state index contributed by atoms with van der Waals surface area (Å²) in [5.41, 5.74) is 3.07. The van der Waals surface area contributed by atoms with Gasteiger partial charge in [0, 0.05) is 0 Å². The zero-order valence-corrected chi connectivity index (χ0v) is 13.7. The van der Waals surface area contributed by atoms with Crippen LogP contribution < -0.4 is 9.91 Å². The Morgan fingerprint density at radius 3 is 2.48 bits per heavy atom. The van der Waals surface area contributed by atoms with Crippen LogP contribution in [0.3, 0.4) is 0 Å². The van der Waals surface area contributed by atoms with E-state index in [0.717, 1.165) is 22.1 Å². The van der Waals surface area contributed by atoms with E-state index in [4.69, 9.17) is 0 Å². The molecule has 2 aliphatic rings. The number of hydrogen-bond donors (Lipinski definition) is 0. The molecular formula is C18H15FN4O2. The van der Waals surface area contributed by atoms with Crippen LogP contribution in [0.15, 0.2) is 52.8 Å². The van der Waals surface area contributed by atoms with E-state index in [0.29, 0.717) is 5.69 Å². The predicted molar refractivity (Wildman–Crippen MR) is 89.7 cm³/mol. The smallest absolute Gasteiger partial charge is 0.263 e. The minimum atomic E-state index is -0.905. The number of anilines is 2. The maximum absolute atomic E-state index is 13.5. The standard InChI is InChI=1S/C18H15FN4O2/c1-10-6-7-14(8-11(10)2)23-16-15(20-21-23)17(24)22(18(16)25)13-5-3-4-12(19)9-13/h3-9,15-16H,1-2H3/t15-,16+/m1/s1. The highest BCUT2D eigenvalue weighted by molar-refractivity contribution is 6.26. The van der Waals surface area contributed by atoms with Crippen LogP contribution in [0.2, 0.25) is 0 Å². The summed E-state index contributed by atoms with van der Waals surface area (Å²) in [5.74, 6) is -1.46. The minimum Gasteiger partial charge on any atom is -0.271 e. The van der Waals surface area contributed by atoms with Gasteiger partial charge in [-0.3, -0.25) is 9.59 Å². The number of nitrogens with zero attached hydrogens (tertiary/aromatic N) is 4. The Hall–Kier alpha value is -3.09. The van der Waals surface area contributed by atoms with Crippen molar-refractivity contribution < 1.29 is 14.0 Å². The van der Waals surface area contributed by atoms with Gasteiger partial charge in [-0.25, -0.2) is 14.3 Å². The number of carbonyl (C=O) groups excluding carboxylic acids is 2. The molecule has 0 bridgehead atoms. The lowest BCUT2D eigenvalue weighted by Crippen LogP contribution is -2.40. The van der Waals surface area contributed by atoms with Crippen LogP contribution in [0.5, 0.6) is 0 Å². The second kappa shape index (κ2) is 5.47. The van der Waals surface area contributed by atoms with E-state index in [2.05, 4.69) is 10.3 Å². The van der Waals surface area contributed by atoms with Gasteiger partial charge in [0.15, 0.2) is 12.1 Å². The van der Waals surface area contributed by atoms with Gasteiger partial charge in [0.25, 0.3) is 11.8 Å². The van der Waals surface area contributed by atoms with Gasteiger partial charge in [-0.15, -0.1) is 0 Å². The average Bonchev–Trinajstić information content (AvgIpc) is 3.11. The normalized spacial score (nSPS) is 22.0. The Bertz CT molecular complexity index is 927. The molecule has 0 spiro atoms. The fourth-order valence-corrected chi connectivity index (χ4v) is 3.11. The van der Waals surface area contributed by atoms with Crippen molar-refractivity contribution in [3.05, 3.63) is 59.4 Å². The second-order valence-corrected chi connectivity index (χ2v) is 6.20. The Labute approximate surface area is 143 Å². The highest BCUT2D eigenvalue weighted by atomic mass is 19.1. The topological polar surface area (TPSA) is 65.3 Å². The molecule has 2 atom stereocenters. The number of amides is 2. The van der Waals surface area contributed by atoms with Crippen LogP contribution in [0, 0.1) is 19.7 Å². The lowest BCUT2D eigenvalue weighted by Gasteiger charge is -2.21. The van der Waals surface area contributed by atoms with Crippen LogP contribution in [0.25, 0.3) is 0 Å². The SMILES string of the molecule is Cc1ccc(N2N=N[C@H]3C(=O)N(c4cccc(F)c4)C(=O)[C@H]32)cc1C. The Morgan fingerprint density at radius 2 is 1.76 bits per heavy atom. The molecule has 0 aromatic heterocycles.